The number of halogens is 1. The molecule has 0 aliphatic rings. The van der Waals surface area contributed by atoms with Gasteiger partial charge in [0.1, 0.15) is 6.04 Å². The maximum Gasteiger partial charge on any atom is 0.185 e. The molecule has 1 atom stereocenters. The van der Waals surface area contributed by atoms with Gasteiger partial charge in [-0.25, -0.2) is 10.1 Å². The minimum Gasteiger partial charge on any atom is -0.394 e. The van der Waals surface area contributed by atoms with Crippen molar-refractivity contribution in [3.8, 4) is 0 Å². The predicted molar refractivity (Wildman–Crippen MR) is 57.4 cm³/mol. The lowest BCUT2D eigenvalue weighted by molar-refractivity contribution is -0.551. The summed E-state index contributed by atoms with van der Waals surface area (Å²) in [7, 11) is 0. The number of hydrogen-bond donors (Lipinski definition) is 5. The number of aliphatic hydroxyl groups is 1. The van der Waals surface area contributed by atoms with Crippen LogP contribution in [0.2, 0.25) is 0 Å². The van der Waals surface area contributed by atoms with Crippen LogP contribution in [0.15, 0.2) is 0 Å². The number of rotatable bonds is 7. The molecule has 15 heavy (non-hydrogen) atoms. The molecule has 90 valence electrons. The van der Waals surface area contributed by atoms with Crippen LogP contribution >= 0.6 is 12.4 Å². The molecule has 0 radical (unpaired) electrons. The molecule has 9 heteroatoms. The number of nitro groups is 1. The van der Waals surface area contributed by atoms with Crippen molar-refractivity contribution in [2.45, 2.75) is 18.9 Å². The summed E-state index contributed by atoms with van der Waals surface area (Å²) in [6.07, 6.45) is 1.03. The van der Waals surface area contributed by atoms with Crippen molar-refractivity contribution in [2.24, 2.45) is 5.73 Å². The Morgan fingerprint density at radius 1 is 1.67 bits per heavy atom. The fourth-order valence-corrected chi connectivity index (χ4v) is 0.917. The van der Waals surface area contributed by atoms with Crippen molar-refractivity contribution in [2.75, 3.05) is 13.2 Å². The van der Waals surface area contributed by atoms with Crippen LogP contribution in [0.1, 0.15) is 12.8 Å². The lowest BCUT2D eigenvalue weighted by atomic mass is 10.2. The van der Waals surface area contributed by atoms with Crippen molar-refractivity contribution in [1.82, 2.24) is 10.7 Å². The zero-order chi connectivity index (χ0) is 11.0. The van der Waals surface area contributed by atoms with Gasteiger partial charge in [-0.2, -0.15) is 0 Å². The van der Waals surface area contributed by atoms with E-state index in [-0.39, 0.29) is 25.0 Å². The Morgan fingerprint density at radius 3 is 2.67 bits per heavy atom. The summed E-state index contributed by atoms with van der Waals surface area (Å²) in [4.78, 5) is 10.0. The first kappa shape index (κ1) is 16.2. The molecule has 0 fully saturated rings. The third kappa shape index (κ3) is 10.6. The summed E-state index contributed by atoms with van der Waals surface area (Å²) >= 11 is 0. The Labute approximate surface area is 93.3 Å². The summed E-state index contributed by atoms with van der Waals surface area (Å²) in [5.74, 6) is -0.132. The van der Waals surface area contributed by atoms with Gasteiger partial charge in [0, 0.05) is 6.54 Å². The van der Waals surface area contributed by atoms with Gasteiger partial charge in [0.15, 0.2) is 11.0 Å². The molecule has 6 N–H and O–H groups in total. The molecular weight excluding hydrogens is 226 g/mol. The molecule has 8 nitrogen and oxygen atoms in total. The van der Waals surface area contributed by atoms with Crippen molar-refractivity contribution < 1.29 is 10.1 Å². The van der Waals surface area contributed by atoms with Crippen molar-refractivity contribution >= 4 is 18.4 Å². The maximum atomic E-state index is 10.0. The largest absolute Gasteiger partial charge is 0.394 e. The zero-order valence-corrected chi connectivity index (χ0v) is 8.92. The topological polar surface area (TPSA) is 137 Å². The Bertz CT molecular complexity index is 203. The van der Waals surface area contributed by atoms with Crippen molar-refractivity contribution in [3.05, 3.63) is 10.1 Å². The highest BCUT2D eigenvalue weighted by Crippen LogP contribution is 1.94. The van der Waals surface area contributed by atoms with Crippen LogP contribution in [0.3, 0.4) is 0 Å². The Kier molecular flexibility index (Phi) is 10.0. The molecule has 0 saturated carbocycles. The van der Waals surface area contributed by atoms with Crippen LogP contribution in [0.5, 0.6) is 0 Å². The third-order valence-electron chi connectivity index (χ3n) is 1.55. The molecule has 0 saturated heterocycles. The first-order chi connectivity index (χ1) is 6.56. The normalized spacial score (nSPS) is 11.0. The van der Waals surface area contributed by atoms with Crippen LogP contribution in [-0.4, -0.2) is 35.3 Å². The SMILES string of the molecule is Cl.N=C(N)NCCCC(CO)N[N+](=O)[O-]. The maximum absolute atomic E-state index is 10.0. The van der Waals surface area contributed by atoms with Crippen LogP contribution in [0.25, 0.3) is 0 Å². The van der Waals surface area contributed by atoms with Crippen molar-refractivity contribution in [1.29, 1.82) is 5.41 Å². The molecule has 0 aromatic heterocycles. The molecule has 0 aromatic carbocycles. The molecule has 0 spiro atoms. The highest BCUT2D eigenvalue weighted by molar-refractivity contribution is 5.85. The van der Waals surface area contributed by atoms with Crippen LogP contribution in [-0.2, 0) is 0 Å². The van der Waals surface area contributed by atoms with Gasteiger partial charge in [0.2, 0.25) is 0 Å². The predicted octanol–water partition coefficient (Wildman–Crippen LogP) is -1.19. The molecule has 0 aliphatic heterocycles. The first-order valence-corrected chi connectivity index (χ1v) is 4.15. The smallest absolute Gasteiger partial charge is 0.185 e. The molecule has 0 aliphatic carbocycles. The Morgan fingerprint density at radius 2 is 2.27 bits per heavy atom. The van der Waals surface area contributed by atoms with E-state index in [2.05, 4.69) is 5.32 Å². The average Bonchev–Trinajstić information content (AvgIpc) is 2.09. The van der Waals surface area contributed by atoms with E-state index in [1.54, 1.807) is 0 Å². The van der Waals surface area contributed by atoms with Crippen LogP contribution in [0.4, 0.5) is 0 Å². The number of nitrogens with one attached hydrogen (secondary N) is 3. The zero-order valence-electron chi connectivity index (χ0n) is 8.10. The van der Waals surface area contributed by atoms with Gasteiger partial charge in [-0.15, -0.1) is 17.8 Å². The summed E-state index contributed by atoms with van der Waals surface area (Å²) in [5, 5.41) is 27.5. The molecule has 0 bridgehead atoms. The highest BCUT2D eigenvalue weighted by Gasteiger charge is 2.11. The van der Waals surface area contributed by atoms with Crippen LogP contribution < -0.4 is 16.5 Å². The number of nitrogens with zero attached hydrogens (tertiary/aromatic N) is 1. The number of hydrazine groups is 1. The van der Waals surface area contributed by atoms with Crippen LogP contribution in [0, 0.1) is 15.5 Å². The van der Waals surface area contributed by atoms with E-state index in [0.29, 0.717) is 19.4 Å². The van der Waals surface area contributed by atoms with E-state index in [0.717, 1.165) is 0 Å². The summed E-state index contributed by atoms with van der Waals surface area (Å²) < 4.78 is 0. The van der Waals surface area contributed by atoms with E-state index in [4.69, 9.17) is 16.2 Å². The minimum atomic E-state index is -0.681. The van der Waals surface area contributed by atoms with E-state index in [1.807, 2.05) is 5.43 Å². The molecule has 0 rings (SSSR count). The van der Waals surface area contributed by atoms with E-state index < -0.39 is 11.1 Å². The molecule has 0 aromatic rings. The fraction of sp³-hybridized carbons (Fsp3) is 0.833. The second kappa shape index (κ2) is 9.28. The fourth-order valence-electron chi connectivity index (χ4n) is 0.917. The Balaban J connectivity index is 0. The van der Waals surface area contributed by atoms with Gasteiger partial charge < -0.3 is 16.2 Å². The number of guanidine groups is 1. The van der Waals surface area contributed by atoms with Gasteiger partial charge in [0.05, 0.1) is 6.61 Å². The highest BCUT2D eigenvalue weighted by atomic mass is 35.5. The second-order valence-corrected chi connectivity index (χ2v) is 2.75. The number of nitrogens with two attached hydrogens (primary N) is 1. The van der Waals surface area contributed by atoms with Gasteiger partial charge in [0.25, 0.3) is 0 Å². The molecular formula is C6H16ClN5O3. The number of hydrogen-bond acceptors (Lipinski definition) is 4. The lowest BCUT2D eigenvalue weighted by Crippen LogP contribution is -2.38. The minimum absolute atomic E-state index is 0. The first-order valence-electron chi connectivity index (χ1n) is 4.15. The van der Waals surface area contributed by atoms with E-state index in [9.17, 15) is 10.1 Å². The Hall–Kier alpha value is -1.28. The summed E-state index contributed by atoms with van der Waals surface area (Å²) in [6, 6.07) is -0.557. The molecule has 0 heterocycles. The van der Waals surface area contributed by atoms with E-state index >= 15 is 0 Å². The number of aliphatic hydroxyl groups excluding tert-OH is 1. The van der Waals surface area contributed by atoms with Crippen molar-refractivity contribution in [3.63, 3.8) is 0 Å². The van der Waals surface area contributed by atoms with Gasteiger partial charge in [-0.3, -0.25) is 5.41 Å². The van der Waals surface area contributed by atoms with E-state index in [1.165, 1.54) is 0 Å². The van der Waals surface area contributed by atoms with Gasteiger partial charge >= 0.3 is 0 Å². The average molecular weight is 242 g/mol. The quantitative estimate of drug-likeness (QED) is 0.125. The van der Waals surface area contributed by atoms with Gasteiger partial charge in [-0.05, 0) is 12.8 Å². The monoisotopic (exact) mass is 241 g/mol. The molecule has 0 amide bonds. The summed E-state index contributed by atoms with van der Waals surface area (Å²) in [5.41, 5.74) is 7.00. The standard InChI is InChI=1S/C6H15N5O3.ClH/c7-6(8)9-3-1-2-5(4-12)10-11(13)14;/h5,10,12H,1-4H2,(H4,7,8,9);1H. The second-order valence-electron chi connectivity index (χ2n) is 2.75. The third-order valence-corrected chi connectivity index (χ3v) is 1.55. The molecule has 1 unspecified atom stereocenters. The van der Waals surface area contributed by atoms with Gasteiger partial charge in [-0.1, -0.05) is 0 Å². The summed E-state index contributed by atoms with van der Waals surface area (Å²) in [6.45, 7) is 0.173. The lowest BCUT2D eigenvalue weighted by Gasteiger charge is -2.10.